The maximum absolute atomic E-state index is 5.20. The van der Waals surface area contributed by atoms with Crippen LogP contribution in [0.5, 0.6) is 0 Å². The Hall–Kier alpha value is -1.26. The monoisotopic (exact) mass is 201 g/mol. The third-order valence-electron chi connectivity index (χ3n) is 2.61. The highest BCUT2D eigenvalue weighted by Crippen LogP contribution is 2.13. The molecule has 1 nitrogen and oxygen atoms in total. The first-order chi connectivity index (χ1) is 7.27. The van der Waals surface area contributed by atoms with Gasteiger partial charge in [0.05, 0.1) is 0 Å². The summed E-state index contributed by atoms with van der Waals surface area (Å²) in [5.74, 6) is 2.63. The van der Waals surface area contributed by atoms with Gasteiger partial charge in [-0.1, -0.05) is 31.2 Å². The summed E-state index contributed by atoms with van der Waals surface area (Å²) in [6.45, 7) is 5.22. The summed E-state index contributed by atoms with van der Waals surface area (Å²) in [6, 6.07) is 9.13. The van der Waals surface area contributed by atoms with Gasteiger partial charge in [-0.25, -0.2) is 0 Å². The Kier molecular flexibility index (Phi) is 4.93. The van der Waals surface area contributed by atoms with Crippen molar-refractivity contribution in [3.05, 3.63) is 35.4 Å². The molecule has 0 saturated heterocycles. The highest BCUT2D eigenvalue weighted by atomic mass is 14.9. The number of nitrogens with one attached hydrogen (secondary N) is 1. The van der Waals surface area contributed by atoms with Crippen LogP contribution in [0.1, 0.15) is 37.4 Å². The van der Waals surface area contributed by atoms with Crippen molar-refractivity contribution < 1.29 is 0 Å². The molecule has 0 amide bonds. The molecule has 0 aliphatic rings. The van der Waals surface area contributed by atoms with Crippen LogP contribution in [0.4, 0.5) is 0 Å². The van der Waals surface area contributed by atoms with Crippen LogP contribution in [0, 0.1) is 12.3 Å². The predicted molar refractivity (Wildman–Crippen MR) is 65.7 cm³/mol. The summed E-state index contributed by atoms with van der Waals surface area (Å²) in [5, 5.41) is 3.39. The van der Waals surface area contributed by atoms with E-state index in [-0.39, 0.29) is 0 Å². The molecule has 1 unspecified atom stereocenters. The Morgan fingerprint density at radius 1 is 1.33 bits per heavy atom. The minimum Gasteiger partial charge on any atom is -0.309 e. The number of hydrogen-bond donors (Lipinski definition) is 1. The molecule has 80 valence electrons. The third kappa shape index (κ3) is 3.77. The first kappa shape index (κ1) is 11.8. The van der Waals surface area contributed by atoms with Crippen molar-refractivity contribution in [2.24, 2.45) is 0 Å². The van der Waals surface area contributed by atoms with E-state index in [0.29, 0.717) is 6.04 Å². The van der Waals surface area contributed by atoms with Crippen LogP contribution >= 0.6 is 0 Å². The zero-order chi connectivity index (χ0) is 11.1. The average Bonchev–Trinajstić information content (AvgIpc) is 2.29. The molecule has 15 heavy (non-hydrogen) atoms. The standard InChI is InChI=1S/C14H19N/c1-4-6-11-15-12(3)14-9-7-13(5-2)8-10-14/h1,7-10,12,15H,5-6,11H2,2-3H3. The Morgan fingerprint density at radius 2 is 2.00 bits per heavy atom. The molecule has 1 heteroatoms. The molecular weight excluding hydrogens is 182 g/mol. The van der Waals surface area contributed by atoms with Crippen molar-refractivity contribution >= 4 is 0 Å². The second-order valence-electron chi connectivity index (χ2n) is 3.73. The second-order valence-corrected chi connectivity index (χ2v) is 3.73. The highest BCUT2D eigenvalue weighted by molar-refractivity contribution is 5.24. The third-order valence-corrected chi connectivity index (χ3v) is 2.61. The number of benzene rings is 1. The number of aryl methyl sites for hydroxylation is 1. The summed E-state index contributed by atoms with van der Waals surface area (Å²) < 4.78 is 0. The fourth-order valence-electron chi connectivity index (χ4n) is 1.52. The molecule has 1 aromatic rings. The number of hydrogen-bond acceptors (Lipinski definition) is 1. The Bertz CT molecular complexity index is 318. The molecule has 0 spiro atoms. The Labute approximate surface area is 92.9 Å². The SMILES string of the molecule is C#CCCNC(C)c1ccc(CC)cc1. The van der Waals surface area contributed by atoms with E-state index in [2.05, 4.69) is 49.4 Å². The minimum absolute atomic E-state index is 0.379. The summed E-state index contributed by atoms with van der Waals surface area (Å²) in [5.41, 5.74) is 2.71. The molecule has 1 N–H and O–H groups in total. The lowest BCUT2D eigenvalue weighted by molar-refractivity contribution is 0.584. The summed E-state index contributed by atoms with van der Waals surface area (Å²) in [6.07, 6.45) is 7.09. The largest absolute Gasteiger partial charge is 0.309 e. The van der Waals surface area contributed by atoms with Crippen molar-refractivity contribution in [2.45, 2.75) is 32.7 Å². The van der Waals surface area contributed by atoms with Gasteiger partial charge in [-0.15, -0.1) is 12.3 Å². The van der Waals surface area contributed by atoms with Crippen LogP contribution in [0.3, 0.4) is 0 Å². The fourth-order valence-corrected chi connectivity index (χ4v) is 1.52. The van der Waals surface area contributed by atoms with Gasteiger partial charge in [-0.3, -0.25) is 0 Å². The van der Waals surface area contributed by atoms with E-state index in [9.17, 15) is 0 Å². The van der Waals surface area contributed by atoms with Gasteiger partial charge in [0.25, 0.3) is 0 Å². The molecule has 0 saturated carbocycles. The van der Waals surface area contributed by atoms with Gasteiger partial charge in [-0.05, 0) is 24.5 Å². The van der Waals surface area contributed by atoms with Gasteiger partial charge in [-0.2, -0.15) is 0 Å². The number of rotatable bonds is 5. The molecule has 1 atom stereocenters. The highest BCUT2D eigenvalue weighted by Gasteiger charge is 2.02. The zero-order valence-corrected chi connectivity index (χ0v) is 9.59. The molecule has 1 aromatic carbocycles. The quantitative estimate of drug-likeness (QED) is 0.570. The predicted octanol–water partition coefficient (Wildman–Crippen LogP) is 2.92. The molecule has 0 aliphatic heterocycles. The van der Waals surface area contributed by atoms with E-state index in [1.165, 1.54) is 11.1 Å². The smallest absolute Gasteiger partial charge is 0.0292 e. The zero-order valence-electron chi connectivity index (χ0n) is 9.59. The Morgan fingerprint density at radius 3 is 2.53 bits per heavy atom. The van der Waals surface area contributed by atoms with Crippen LogP contribution in [0.2, 0.25) is 0 Å². The van der Waals surface area contributed by atoms with Crippen molar-refractivity contribution in [1.29, 1.82) is 0 Å². The normalized spacial score (nSPS) is 12.1. The molecule has 0 radical (unpaired) electrons. The topological polar surface area (TPSA) is 12.0 Å². The lowest BCUT2D eigenvalue weighted by Gasteiger charge is -2.13. The van der Waals surface area contributed by atoms with Crippen molar-refractivity contribution in [1.82, 2.24) is 5.32 Å². The molecular formula is C14H19N. The molecule has 0 bridgehead atoms. The van der Waals surface area contributed by atoms with Crippen LogP contribution in [0.25, 0.3) is 0 Å². The molecule has 0 heterocycles. The maximum atomic E-state index is 5.20. The van der Waals surface area contributed by atoms with Gasteiger partial charge in [0.1, 0.15) is 0 Å². The van der Waals surface area contributed by atoms with Crippen LogP contribution < -0.4 is 5.32 Å². The second kappa shape index (κ2) is 6.27. The van der Waals surface area contributed by atoms with E-state index in [4.69, 9.17) is 6.42 Å². The Balaban J connectivity index is 2.51. The summed E-state index contributed by atoms with van der Waals surface area (Å²) in [4.78, 5) is 0. The maximum Gasteiger partial charge on any atom is 0.0292 e. The average molecular weight is 201 g/mol. The van der Waals surface area contributed by atoms with Gasteiger partial charge >= 0.3 is 0 Å². The van der Waals surface area contributed by atoms with Gasteiger partial charge < -0.3 is 5.32 Å². The van der Waals surface area contributed by atoms with E-state index in [1.54, 1.807) is 0 Å². The van der Waals surface area contributed by atoms with E-state index in [1.807, 2.05) is 0 Å². The fraction of sp³-hybridized carbons (Fsp3) is 0.429. The van der Waals surface area contributed by atoms with Gasteiger partial charge in [0.15, 0.2) is 0 Å². The minimum atomic E-state index is 0.379. The lowest BCUT2D eigenvalue weighted by Crippen LogP contribution is -2.19. The molecule has 0 aromatic heterocycles. The van der Waals surface area contributed by atoms with Crippen LogP contribution in [0.15, 0.2) is 24.3 Å². The first-order valence-corrected chi connectivity index (χ1v) is 5.53. The molecule has 0 aliphatic carbocycles. The first-order valence-electron chi connectivity index (χ1n) is 5.53. The van der Waals surface area contributed by atoms with Gasteiger partial charge in [0.2, 0.25) is 0 Å². The van der Waals surface area contributed by atoms with Crippen molar-refractivity contribution in [3.63, 3.8) is 0 Å². The summed E-state index contributed by atoms with van der Waals surface area (Å²) >= 11 is 0. The van der Waals surface area contributed by atoms with Crippen LogP contribution in [-0.2, 0) is 6.42 Å². The number of terminal acetylenes is 1. The van der Waals surface area contributed by atoms with Crippen molar-refractivity contribution in [3.8, 4) is 12.3 Å². The van der Waals surface area contributed by atoms with Crippen molar-refractivity contribution in [2.75, 3.05) is 6.54 Å². The van der Waals surface area contributed by atoms with E-state index in [0.717, 1.165) is 19.4 Å². The molecule has 1 rings (SSSR count). The van der Waals surface area contributed by atoms with E-state index < -0.39 is 0 Å². The lowest BCUT2D eigenvalue weighted by atomic mass is 10.1. The molecule has 0 fully saturated rings. The van der Waals surface area contributed by atoms with Gasteiger partial charge in [0, 0.05) is 19.0 Å². The van der Waals surface area contributed by atoms with E-state index >= 15 is 0 Å². The summed E-state index contributed by atoms with van der Waals surface area (Å²) in [7, 11) is 0. The van der Waals surface area contributed by atoms with Crippen LogP contribution in [-0.4, -0.2) is 6.54 Å².